The molecule has 0 aromatic heterocycles. The first-order valence-corrected chi connectivity index (χ1v) is 11.0. The van der Waals surface area contributed by atoms with E-state index in [2.05, 4.69) is 40.2 Å². The van der Waals surface area contributed by atoms with Crippen molar-refractivity contribution in [3.63, 3.8) is 0 Å². The van der Waals surface area contributed by atoms with Gasteiger partial charge in [0, 0.05) is 6.42 Å². The van der Waals surface area contributed by atoms with Crippen molar-refractivity contribution in [2.24, 2.45) is 17.6 Å². The molecule has 7 N–H and O–H groups in total. The van der Waals surface area contributed by atoms with Crippen LogP contribution in [0.1, 0.15) is 39.5 Å². The van der Waals surface area contributed by atoms with Crippen LogP contribution in [0.4, 0.5) is 8.96 Å². The molecule has 0 radical (unpaired) electrons. The largest absolute Gasteiger partial charge is 1.00 e. The first-order valence-electron chi connectivity index (χ1n) is 7.46. The second kappa shape index (κ2) is 43.0. The van der Waals surface area contributed by atoms with Crippen LogP contribution in [0.3, 0.4) is 0 Å². The average Bonchev–Trinajstić information content (AvgIpc) is 3.14. The molecule has 3 atom stereocenters. The zero-order valence-corrected chi connectivity index (χ0v) is 26.5. The van der Waals surface area contributed by atoms with Gasteiger partial charge in [0.05, 0.1) is 0 Å². The summed E-state index contributed by atoms with van der Waals surface area (Å²) in [6.07, 6.45) is 8.68. The Morgan fingerprint density at radius 3 is 1.93 bits per heavy atom. The van der Waals surface area contributed by atoms with Crippen LogP contribution < -0.4 is 126 Å². The van der Waals surface area contributed by atoms with Gasteiger partial charge in [-0.1, -0.05) is 6.92 Å². The first-order chi connectivity index (χ1) is 12.1. The average molecular weight is 577 g/mol. The minimum atomic E-state index is -0.398. The normalized spacial score (nSPS) is 16.9. The van der Waals surface area contributed by atoms with Gasteiger partial charge < -0.3 is 4.79 Å². The maximum absolute atomic E-state index is 10.2. The van der Waals surface area contributed by atoms with Crippen LogP contribution in [-0.4, -0.2) is 66.9 Å². The molecule has 0 saturated carbocycles. The van der Waals surface area contributed by atoms with Crippen molar-refractivity contribution in [2.45, 2.75) is 67.2 Å². The van der Waals surface area contributed by atoms with Gasteiger partial charge in [0.25, 0.3) is 0 Å². The van der Waals surface area contributed by atoms with Crippen LogP contribution in [-0.2, 0) is 14.4 Å². The van der Waals surface area contributed by atoms with E-state index < -0.39 is 6.04 Å². The molecule has 0 spiro atoms. The minimum Gasteiger partial charge on any atom is 1.00 e. The summed E-state index contributed by atoms with van der Waals surface area (Å²) in [5.74, 6) is 6.00. The van der Waals surface area contributed by atoms with E-state index in [-0.39, 0.29) is 109 Å². The van der Waals surface area contributed by atoms with Gasteiger partial charge in [0.2, 0.25) is 0 Å². The van der Waals surface area contributed by atoms with Crippen LogP contribution in [0, 0.1) is 0 Å². The van der Waals surface area contributed by atoms with Crippen molar-refractivity contribution in [3.8, 4) is 0 Å². The molecule has 0 aliphatic carbocycles. The first kappa shape index (κ1) is 43.8. The maximum Gasteiger partial charge on any atom is 1.00 e. The molecule has 1 heterocycles. The Balaban J connectivity index is -0.0000000571. The summed E-state index contributed by atoms with van der Waals surface area (Å²) in [5.41, 5.74) is 5.03. The van der Waals surface area contributed by atoms with Gasteiger partial charge >= 0.3 is 214 Å². The summed E-state index contributed by atoms with van der Waals surface area (Å²) in [6, 6.07) is -0.346. The summed E-state index contributed by atoms with van der Waals surface area (Å²) in [7, 11) is 0. The predicted octanol–water partition coefficient (Wildman–Crippen LogP) is -6.29. The third-order valence-corrected chi connectivity index (χ3v) is 5.85. The summed E-state index contributed by atoms with van der Waals surface area (Å²) in [4.78, 5) is 29.7. The number of hydrogen-bond donors (Lipinski definition) is 4. The molecular weight excluding hydrogens is 546 g/mol. The molecule has 1 unspecified atom stereocenters. The van der Waals surface area contributed by atoms with Crippen LogP contribution in [0.2, 0.25) is 10.6 Å². The minimum absolute atomic E-state index is 0. The second-order valence-corrected chi connectivity index (χ2v) is 7.67. The van der Waals surface area contributed by atoms with Gasteiger partial charge in [-0.25, -0.2) is 0 Å². The summed E-state index contributed by atoms with van der Waals surface area (Å²) < 4.78 is 18.0. The second-order valence-electron chi connectivity index (χ2n) is 4.31. The quantitative estimate of drug-likeness (QED) is 0.102. The van der Waals surface area contributed by atoms with Crippen molar-refractivity contribution >= 4 is 49.8 Å². The fourth-order valence-electron chi connectivity index (χ4n) is 1.19. The molecular formula is C14H30F2K2N4O3Se2. The van der Waals surface area contributed by atoms with E-state index >= 15 is 0 Å². The van der Waals surface area contributed by atoms with Crippen molar-refractivity contribution in [2.75, 3.05) is 0 Å². The van der Waals surface area contributed by atoms with Gasteiger partial charge in [0.1, 0.15) is 6.29 Å². The molecule has 1 rings (SSSR count). The van der Waals surface area contributed by atoms with Crippen molar-refractivity contribution in [3.05, 3.63) is 0 Å². The molecule has 0 bridgehead atoms. The Morgan fingerprint density at radius 2 is 1.74 bits per heavy atom. The monoisotopic (exact) mass is 578 g/mol. The molecule has 1 saturated heterocycles. The Morgan fingerprint density at radius 1 is 1.22 bits per heavy atom. The fraction of sp³-hybridized carbons (Fsp3) is 0.786. The third kappa shape index (κ3) is 40.0. The molecule has 1 aliphatic rings. The Kier molecular flexibility index (Phi) is 69.8. The molecule has 27 heavy (non-hydrogen) atoms. The summed E-state index contributed by atoms with van der Waals surface area (Å²) >= 11 is 2.86. The van der Waals surface area contributed by atoms with Gasteiger partial charge in [-0.2, -0.15) is 11.9 Å². The molecule has 0 aromatic carbocycles. The zero-order valence-electron chi connectivity index (χ0n) is 16.6. The molecule has 0 amide bonds. The maximum atomic E-state index is 10.2. The van der Waals surface area contributed by atoms with Crippen LogP contribution in [0.15, 0.2) is 0 Å². The van der Waals surface area contributed by atoms with E-state index in [0.29, 0.717) is 31.6 Å². The molecule has 13 heteroatoms. The van der Waals surface area contributed by atoms with Crippen LogP contribution in [0.25, 0.3) is 0 Å². The van der Waals surface area contributed by atoms with E-state index in [4.69, 9.17) is 14.7 Å². The fourth-order valence-corrected chi connectivity index (χ4v) is 3.97. The molecule has 1 fully saturated rings. The van der Waals surface area contributed by atoms with E-state index in [1.807, 2.05) is 13.2 Å². The number of rotatable bonds is 7. The number of carbonyl (C=O) groups is 1. The van der Waals surface area contributed by atoms with E-state index in [1.165, 1.54) is 12.8 Å². The van der Waals surface area contributed by atoms with Crippen molar-refractivity contribution < 1.29 is 126 Å². The van der Waals surface area contributed by atoms with Gasteiger partial charge in [0.15, 0.2) is 0 Å². The standard InChI is InChI=1S/C7H12NOSe.C4H8O.C3H6NOSe.2FH2N.2K/c1-2-3-7-8-6(4-9)5-10-7;1-2-3-4-5;4-3(1-5)2-6;2*1-2;;/h6-8H,2-3,5H2,1H3;4H,2-3H2,1H3;3,6H,2,4H2;2*2H2;;/q-1;;-1;;;2*+1/t6-,7?;;3-;;;;/m1.1..../s1. The van der Waals surface area contributed by atoms with Gasteiger partial charge in [-0.05, 0) is 6.42 Å². The number of nitrogens with one attached hydrogen (secondary N) is 1. The molecule has 1 aliphatic heterocycles. The number of hydrogen-bond acceptors (Lipinski definition) is 7. The molecule has 152 valence electrons. The zero-order chi connectivity index (χ0) is 20.5. The molecule has 0 aromatic rings. The number of nitrogens with two attached hydrogens (primary N) is 3. The topological polar surface area (TPSA) is 141 Å². The SMILES string of the molecule is CCCC1N[C@H]([C-]=O)C[Se]1.CCCC=O.NF.NF.N[C@H]([C-]=O)C[SeH].[K+].[K+]. The number of halogens is 2. The van der Waals surface area contributed by atoms with Crippen molar-refractivity contribution in [1.82, 2.24) is 5.32 Å². The van der Waals surface area contributed by atoms with E-state index in [1.54, 1.807) is 6.29 Å². The van der Waals surface area contributed by atoms with E-state index in [0.717, 1.165) is 18.0 Å². The van der Waals surface area contributed by atoms with E-state index in [9.17, 15) is 14.4 Å². The molecule has 7 nitrogen and oxygen atoms in total. The Labute approximate surface area is 261 Å². The third-order valence-electron chi connectivity index (χ3n) is 2.30. The van der Waals surface area contributed by atoms with Crippen molar-refractivity contribution in [1.29, 1.82) is 0 Å². The Bertz CT molecular complexity index is 295. The van der Waals surface area contributed by atoms with Gasteiger partial charge in [-0.3, -0.25) is 0 Å². The number of carbonyl (C=O) groups excluding carboxylic acids is 3. The predicted molar refractivity (Wildman–Crippen MR) is 99.1 cm³/mol. The van der Waals surface area contributed by atoms with Gasteiger partial charge in [-0.15, -0.1) is 8.96 Å². The smallest absolute Gasteiger partial charge is 1.00 e. The summed E-state index contributed by atoms with van der Waals surface area (Å²) in [6.45, 7) is 4.16. The number of aldehydes is 1. The Hall–Kier alpha value is 3.02. The number of unbranched alkanes of at least 4 members (excludes halogenated alkanes) is 1. The van der Waals surface area contributed by atoms with Crippen LogP contribution in [0.5, 0.6) is 0 Å². The van der Waals surface area contributed by atoms with Crippen LogP contribution >= 0.6 is 0 Å². The summed E-state index contributed by atoms with van der Waals surface area (Å²) in [5, 5.41) is 4.91.